The van der Waals surface area contributed by atoms with Gasteiger partial charge in [0.25, 0.3) is 0 Å². The third-order valence-corrected chi connectivity index (χ3v) is 2.97. The number of nitrogens with zero attached hydrogens (tertiary/aromatic N) is 1. The van der Waals surface area contributed by atoms with Crippen molar-refractivity contribution in [3.63, 3.8) is 0 Å². The highest BCUT2D eigenvalue weighted by Gasteiger charge is 2.16. The molecule has 1 aromatic carbocycles. The van der Waals surface area contributed by atoms with E-state index >= 15 is 0 Å². The van der Waals surface area contributed by atoms with Gasteiger partial charge in [0.05, 0.1) is 13.2 Å². The van der Waals surface area contributed by atoms with E-state index < -0.39 is 5.97 Å². The fourth-order valence-corrected chi connectivity index (χ4v) is 1.92. The third-order valence-electron chi connectivity index (χ3n) is 2.97. The molecule has 1 unspecified atom stereocenters. The van der Waals surface area contributed by atoms with Crippen LogP contribution in [0.1, 0.15) is 32.4 Å². The summed E-state index contributed by atoms with van der Waals surface area (Å²) in [5.74, 6) is 0.0457. The maximum Gasteiger partial charge on any atom is 0.317 e. The Bertz CT molecular complexity index is 375. The molecule has 0 spiro atoms. The van der Waals surface area contributed by atoms with E-state index in [0.717, 1.165) is 11.3 Å². The highest BCUT2D eigenvalue weighted by Crippen LogP contribution is 2.22. The lowest BCUT2D eigenvalue weighted by Gasteiger charge is -2.26. The van der Waals surface area contributed by atoms with Gasteiger partial charge in [0, 0.05) is 6.04 Å². The number of rotatable bonds is 7. The van der Waals surface area contributed by atoms with Crippen molar-refractivity contribution in [2.75, 3.05) is 19.7 Å². The van der Waals surface area contributed by atoms with Crippen molar-refractivity contribution in [3.8, 4) is 5.75 Å². The SMILES string of the molecule is CCOc1ccc(C(C)N(CC)CC(=O)O)cc1. The van der Waals surface area contributed by atoms with Crippen molar-refractivity contribution < 1.29 is 14.6 Å². The number of aliphatic carboxylic acids is 1. The first-order valence-electron chi connectivity index (χ1n) is 6.27. The molecule has 1 aromatic rings. The first kappa shape index (κ1) is 14.5. The number of carboxylic acid groups (broad SMARTS) is 1. The second-order valence-corrected chi connectivity index (χ2v) is 4.13. The minimum absolute atomic E-state index is 0.0604. The first-order chi connectivity index (χ1) is 8.58. The van der Waals surface area contributed by atoms with Crippen LogP contribution >= 0.6 is 0 Å². The molecule has 1 atom stereocenters. The zero-order valence-corrected chi connectivity index (χ0v) is 11.2. The predicted octanol–water partition coefficient (Wildman–Crippen LogP) is 2.55. The molecular formula is C14H21NO3. The summed E-state index contributed by atoms with van der Waals surface area (Å²) in [5, 5.41) is 8.86. The summed E-state index contributed by atoms with van der Waals surface area (Å²) in [5.41, 5.74) is 1.10. The van der Waals surface area contributed by atoms with Crippen LogP contribution in [-0.2, 0) is 4.79 Å². The predicted molar refractivity (Wildman–Crippen MR) is 70.9 cm³/mol. The van der Waals surface area contributed by atoms with E-state index in [-0.39, 0.29) is 12.6 Å². The van der Waals surface area contributed by atoms with Gasteiger partial charge in [-0.05, 0) is 38.1 Å². The van der Waals surface area contributed by atoms with Crippen LogP contribution in [0.15, 0.2) is 24.3 Å². The van der Waals surface area contributed by atoms with E-state index in [9.17, 15) is 4.79 Å². The van der Waals surface area contributed by atoms with E-state index in [2.05, 4.69) is 0 Å². The molecule has 0 amide bonds. The van der Waals surface area contributed by atoms with E-state index in [4.69, 9.17) is 9.84 Å². The molecule has 1 rings (SSSR count). The van der Waals surface area contributed by atoms with Gasteiger partial charge in [0.1, 0.15) is 5.75 Å². The second kappa shape index (κ2) is 7.01. The van der Waals surface area contributed by atoms with Crippen molar-refractivity contribution in [3.05, 3.63) is 29.8 Å². The van der Waals surface area contributed by atoms with Crippen LogP contribution in [0.4, 0.5) is 0 Å². The van der Waals surface area contributed by atoms with Gasteiger partial charge in [0.15, 0.2) is 0 Å². The van der Waals surface area contributed by atoms with Gasteiger partial charge in [-0.3, -0.25) is 9.69 Å². The Morgan fingerprint density at radius 2 is 1.94 bits per heavy atom. The molecule has 0 aliphatic carbocycles. The normalized spacial score (nSPS) is 12.4. The Kier molecular flexibility index (Phi) is 5.65. The van der Waals surface area contributed by atoms with Crippen molar-refractivity contribution in [2.24, 2.45) is 0 Å². The average molecular weight is 251 g/mol. The summed E-state index contributed by atoms with van der Waals surface area (Å²) < 4.78 is 5.38. The van der Waals surface area contributed by atoms with Gasteiger partial charge in [-0.2, -0.15) is 0 Å². The fraction of sp³-hybridized carbons (Fsp3) is 0.500. The Hall–Kier alpha value is -1.55. The minimum atomic E-state index is -0.797. The lowest BCUT2D eigenvalue weighted by atomic mass is 10.1. The van der Waals surface area contributed by atoms with Gasteiger partial charge in [0.2, 0.25) is 0 Å². The molecule has 0 radical (unpaired) electrons. The molecule has 0 fully saturated rings. The van der Waals surface area contributed by atoms with Gasteiger partial charge < -0.3 is 9.84 Å². The smallest absolute Gasteiger partial charge is 0.317 e. The third kappa shape index (κ3) is 4.04. The van der Waals surface area contributed by atoms with Crippen molar-refractivity contribution in [1.82, 2.24) is 4.90 Å². The Labute approximate surface area is 108 Å². The molecular weight excluding hydrogens is 230 g/mol. The van der Waals surface area contributed by atoms with Crippen LogP contribution in [0.25, 0.3) is 0 Å². The van der Waals surface area contributed by atoms with Crippen molar-refractivity contribution in [1.29, 1.82) is 0 Å². The summed E-state index contributed by atoms with van der Waals surface area (Å²) in [6, 6.07) is 7.90. The molecule has 100 valence electrons. The number of ether oxygens (including phenoxy) is 1. The lowest BCUT2D eigenvalue weighted by Crippen LogP contribution is -2.32. The van der Waals surface area contributed by atoms with Crippen LogP contribution in [0.5, 0.6) is 5.75 Å². The second-order valence-electron chi connectivity index (χ2n) is 4.13. The molecule has 1 N–H and O–H groups in total. The van der Waals surface area contributed by atoms with Crippen molar-refractivity contribution in [2.45, 2.75) is 26.8 Å². The van der Waals surface area contributed by atoms with Crippen LogP contribution < -0.4 is 4.74 Å². The number of carbonyl (C=O) groups is 1. The quantitative estimate of drug-likeness (QED) is 0.809. The Morgan fingerprint density at radius 3 is 2.39 bits per heavy atom. The largest absolute Gasteiger partial charge is 0.494 e. The van der Waals surface area contributed by atoms with Crippen LogP contribution in [-0.4, -0.2) is 35.7 Å². The van der Waals surface area contributed by atoms with Gasteiger partial charge >= 0.3 is 5.97 Å². The Balaban J connectivity index is 2.75. The maximum absolute atomic E-state index is 10.8. The van der Waals surface area contributed by atoms with Crippen LogP contribution in [0.3, 0.4) is 0 Å². The topological polar surface area (TPSA) is 49.8 Å². The molecule has 0 aliphatic heterocycles. The van der Waals surface area contributed by atoms with E-state index in [1.807, 2.05) is 49.9 Å². The molecule has 4 heteroatoms. The summed E-state index contributed by atoms with van der Waals surface area (Å²) in [7, 11) is 0. The Morgan fingerprint density at radius 1 is 1.33 bits per heavy atom. The molecule has 0 bridgehead atoms. The molecule has 0 aromatic heterocycles. The fourth-order valence-electron chi connectivity index (χ4n) is 1.92. The van der Waals surface area contributed by atoms with E-state index in [1.54, 1.807) is 0 Å². The molecule has 0 aliphatic rings. The summed E-state index contributed by atoms with van der Waals surface area (Å²) >= 11 is 0. The highest BCUT2D eigenvalue weighted by atomic mass is 16.5. The van der Waals surface area contributed by atoms with Gasteiger partial charge in [-0.1, -0.05) is 19.1 Å². The van der Waals surface area contributed by atoms with Crippen molar-refractivity contribution >= 4 is 5.97 Å². The molecule has 0 saturated heterocycles. The summed E-state index contributed by atoms with van der Waals surface area (Å²) in [6.45, 7) is 7.35. The number of likely N-dealkylation sites (N-methyl/N-ethyl adjacent to an activating group) is 1. The van der Waals surface area contributed by atoms with Gasteiger partial charge in [-0.15, -0.1) is 0 Å². The van der Waals surface area contributed by atoms with E-state index in [1.165, 1.54) is 0 Å². The molecule has 18 heavy (non-hydrogen) atoms. The molecule has 0 heterocycles. The molecule has 0 saturated carbocycles. The number of hydrogen-bond acceptors (Lipinski definition) is 3. The van der Waals surface area contributed by atoms with Crippen LogP contribution in [0, 0.1) is 0 Å². The maximum atomic E-state index is 10.8. The zero-order valence-electron chi connectivity index (χ0n) is 11.2. The number of benzene rings is 1. The van der Waals surface area contributed by atoms with Crippen LogP contribution in [0.2, 0.25) is 0 Å². The van der Waals surface area contributed by atoms with E-state index in [0.29, 0.717) is 13.2 Å². The first-order valence-corrected chi connectivity index (χ1v) is 6.27. The zero-order chi connectivity index (χ0) is 13.5. The standard InChI is InChI=1S/C14H21NO3/c1-4-15(10-14(16)17)11(3)12-6-8-13(9-7-12)18-5-2/h6-9,11H,4-5,10H2,1-3H3,(H,16,17). The lowest BCUT2D eigenvalue weighted by molar-refractivity contribution is -0.138. The minimum Gasteiger partial charge on any atom is -0.494 e. The van der Waals surface area contributed by atoms with Gasteiger partial charge in [-0.25, -0.2) is 0 Å². The highest BCUT2D eigenvalue weighted by molar-refractivity contribution is 5.69. The average Bonchev–Trinajstić information content (AvgIpc) is 2.36. The number of hydrogen-bond donors (Lipinski definition) is 1. The number of carboxylic acids is 1. The molecule has 4 nitrogen and oxygen atoms in total. The monoisotopic (exact) mass is 251 g/mol. The summed E-state index contributed by atoms with van der Waals surface area (Å²) in [6.07, 6.45) is 0. The summed E-state index contributed by atoms with van der Waals surface area (Å²) in [4.78, 5) is 12.7.